The quantitative estimate of drug-likeness (QED) is 0.399. The van der Waals surface area contributed by atoms with E-state index in [1.807, 2.05) is 19.1 Å². The van der Waals surface area contributed by atoms with Crippen molar-refractivity contribution in [3.63, 3.8) is 0 Å². The Labute approximate surface area is 173 Å². The maximum atomic E-state index is 13.7. The van der Waals surface area contributed by atoms with Gasteiger partial charge in [0, 0.05) is 17.4 Å². The Morgan fingerprint density at radius 3 is 2.40 bits per heavy atom. The first-order valence-corrected chi connectivity index (χ1v) is 9.44. The highest BCUT2D eigenvalue weighted by Gasteiger charge is 2.47. The van der Waals surface area contributed by atoms with Crippen LogP contribution in [0.25, 0.3) is 5.76 Å². The number of pyridine rings is 1. The molecule has 1 N–H and O–H groups in total. The lowest BCUT2D eigenvalue weighted by atomic mass is 9.97. The van der Waals surface area contributed by atoms with Crippen molar-refractivity contribution in [1.82, 2.24) is 4.98 Å². The third-order valence-corrected chi connectivity index (χ3v) is 5.22. The van der Waals surface area contributed by atoms with E-state index in [1.54, 1.807) is 43.5 Å². The monoisotopic (exact) mass is 402 g/mol. The van der Waals surface area contributed by atoms with Gasteiger partial charge < -0.3 is 5.11 Å². The summed E-state index contributed by atoms with van der Waals surface area (Å²) in [6.45, 7) is 3.40. The highest BCUT2D eigenvalue weighted by molar-refractivity contribution is 6.51. The lowest BCUT2D eigenvalue weighted by Crippen LogP contribution is -2.30. The zero-order valence-corrected chi connectivity index (χ0v) is 16.5. The number of ketones is 1. The molecule has 150 valence electrons. The first kappa shape index (κ1) is 19.5. The van der Waals surface area contributed by atoms with Crippen molar-refractivity contribution in [1.29, 1.82) is 0 Å². The van der Waals surface area contributed by atoms with E-state index in [0.717, 1.165) is 5.56 Å². The molecule has 1 aromatic heterocycles. The van der Waals surface area contributed by atoms with Gasteiger partial charge in [-0.25, -0.2) is 4.39 Å². The summed E-state index contributed by atoms with van der Waals surface area (Å²) in [6.07, 6.45) is 1.56. The summed E-state index contributed by atoms with van der Waals surface area (Å²) in [6, 6.07) is 15.5. The first-order chi connectivity index (χ1) is 14.4. The van der Waals surface area contributed by atoms with Crippen molar-refractivity contribution in [2.45, 2.75) is 19.9 Å². The number of aliphatic hydroxyl groups excluding tert-OH is 1. The smallest absolute Gasteiger partial charge is 0.300 e. The van der Waals surface area contributed by atoms with Crippen LogP contribution in [0.4, 0.5) is 10.1 Å². The van der Waals surface area contributed by atoms with E-state index < -0.39 is 23.5 Å². The lowest BCUT2D eigenvalue weighted by molar-refractivity contribution is -0.132. The van der Waals surface area contributed by atoms with Crippen LogP contribution in [0.1, 0.15) is 28.4 Å². The minimum absolute atomic E-state index is 0.0760. The first-order valence-electron chi connectivity index (χ1n) is 9.44. The predicted octanol–water partition coefficient (Wildman–Crippen LogP) is 4.46. The van der Waals surface area contributed by atoms with Gasteiger partial charge in [0.15, 0.2) is 0 Å². The van der Waals surface area contributed by atoms with Crippen molar-refractivity contribution >= 4 is 23.1 Å². The molecule has 1 unspecified atom stereocenters. The van der Waals surface area contributed by atoms with Gasteiger partial charge in [-0.05, 0) is 61.4 Å². The molecule has 0 aliphatic carbocycles. The van der Waals surface area contributed by atoms with Crippen molar-refractivity contribution in [2.75, 3.05) is 4.90 Å². The van der Waals surface area contributed by atoms with E-state index in [1.165, 1.54) is 23.1 Å². The molecule has 1 aliphatic heterocycles. The van der Waals surface area contributed by atoms with Crippen molar-refractivity contribution < 1.29 is 19.1 Å². The number of hydrogen-bond donors (Lipinski definition) is 1. The normalized spacial score (nSPS) is 18.1. The number of carbonyl (C=O) groups is 2. The average molecular weight is 402 g/mol. The molecule has 3 aromatic rings. The number of aliphatic hydroxyl groups is 1. The Hall–Kier alpha value is -3.80. The Morgan fingerprint density at radius 1 is 1.00 bits per heavy atom. The van der Waals surface area contributed by atoms with E-state index in [2.05, 4.69) is 4.98 Å². The molecule has 1 fully saturated rings. The maximum Gasteiger partial charge on any atom is 0.300 e. The van der Waals surface area contributed by atoms with Crippen LogP contribution in [0.3, 0.4) is 0 Å². The van der Waals surface area contributed by atoms with Gasteiger partial charge in [-0.1, -0.05) is 24.3 Å². The van der Waals surface area contributed by atoms with Crippen molar-refractivity contribution in [3.8, 4) is 0 Å². The maximum absolute atomic E-state index is 13.7. The Kier molecular flexibility index (Phi) is 4.91. The highest BCUT2D eigenvalue weighted by Crippen LogP contribution is 2.42. The van der Waals surface area contributed by atoms with Crippen LogP contribution in [0.15, 0.2) is 72.4 Å². The molecule has 5 nitrogen and oxygen atoms in total. The molecule has 0 bridgehead atoms. The molecule has 1 aliphatic rings. The van der Waals surface area contributed by atoms with Crippen molar-refractivity contribution in [3.05, 3.63) is 101 Å². The number of nitrogens with zero attached hydrogens (tertiary/aromatic N) is 2. The van der Waals surface area contributed by atoms with Gasteiger partial charge in [0.1, 0.15) is 17.6 Å². The zero-order chi connectivity index (χ0) is 21.4. The molecule has 6 heteroatoms. The fourth-order valence-electron chi connectivity index (χ4n) is 3.68. The SMILES string of the molecule is Cc1cc(/C(O)=C2/C(=O)C(=O)N(c3ccccc3C)C2c2ccccn2)ccc1F. The number of para-hydroxylation sites is 1. The third-order valence-electron chi connectivity index (χ3n) is 5.22. The Bertz CT molecular complexity index is 1190. The van der Waals surface area contributed by atoms with Crippen LogP contribution < -0.4 is 4.90 Å². The summed E-state index contributed by atoms with van der Waals surface area (Å²) in [5, 5.41) is 11.0. The van der Waals surface area contributed by atoms with Gasteiger partial charge in [-0.2, -0.15) is 0 Å². The third kappa shape index (κ3) is 3.16. The highest BCUT2D eigenvalue weighted by atomic mass is 19.1. The van der Waals surface area contributed by atoms with E-state index in [0.29, 0.717) is 16.9 Å². The average Bonchev–Trinajstić information content (AvgIpc) is 3.01. The van der Waals surface area contributed by atoms with Gasteiger partial charge in [0.05, 0.1) is 11.3 Å². The molecular formula is C24H19FN2O3. The number of Topliss-reactive ketones (excluding diaryl/α,β-unsaturated/α-hetero) is 1. The minimum Gasteiger partial charge on any atom is -0.507 e. The largest absolute Gasteiger partial charge is 0.507 e. The van der Waals surface area contributed by atoms with Gasteiger partial charge in [0.25, 0.3) is 11.7 Å². The number of carbonyl (C=O) groups excluding carboxylic acids is 2. The number of anilines is 1. The van der Waals surface area contributed by atoms with E-state index >= 15 is 0 Å². The minimum atomic E-state index is -0.905. The Morgan fingerprint density at radius 2 is 1.73 bits per heavy atom. The molecular weight excluding hydrogens is 383 g/mol. The summed E-state index contributed by atoms with van der Waals surface area (Å²) in [5.74, 6) is -2.34. The van der Waals surface area contributed by atoms with Crippen molar-refractivity contribution in [2.24, 2.45) is 0 Å². The van der Waals surface area contributed by atoms with Gasteiger partial charge in [-0.15, -0.1) is 0 Å². The van der Waals surface area contributed by atoms with Crippen LogP contribution in [0.2, 0.25) is 0 Å². The van der Waals surface area contributed by atoms with E-state index in [4.69, 9.17) is 0 Å². The number of aryl methyl sites for hydroxylation is 2. The Balaban J connectivity index is 1.97. The van der Waals surface area contributed by atoms with Gasteiger partial charge >= 0.3 is 0 Å². The molecule has 1 atom stereocenters. The molecule has 0 radical (unpaired) electrons. The number of amides is 1. The molecule has 0 spiro atoms. The van der Waals surface area contributed by atoms with Crippen LogP contribution in [-0.2, 0) is 9.59 Å². The standard InChI is InChI=1S/C24H19FN2O3/c1-14-7-3-4-9-19(14)27-21(18-8-5-6-12-26-18)20(23(29)24(27)30)22(28)16-10-11-17(25)15(2)13-16/h3-13,21,28H,1-2H3/b22-20-. The molecule has 0 saturated carbocycles. The van der Waals surface area contributed by atoms with Crippen LogP contribution in [0, 0.1) is 19.7 Å². The van der Waals surface area contributed by atoms with Crippen LogP contribution in [-0.4, -0.2) is 21.8 Å². The second-order valence-corrected chi connectivity index (χ2v) is 7.17. The predicted molar refractivity (Wildman–Crippen MR) is 111 cm³/mol. The lowest BCUT2D eigenvalue weighted by Gasteiger charge is -2.26. The second kappa shape index (κ2) is 7.55. The van der Waals surface area contributed by atoms with Crippen LogP contribution in [0.5, 0.6) is 0 Å². The topological polar surface area (TPSA) is 70.5 Å². The van der Waals surface area contributed by atoms with Gasteiger partial charge in [-0.3, -0.25) is 19.5 Å². The molecule has 4 rings (SSSR count). The summed E-state index contributed by atoms with van der Waals surface area (Å²) in [7, 11) is 0. The van der Waals surface area contributed by atoms with E-state index in [-0.39, 0.29) is 16.9 Å². The number of hydrogen-bond acceptors (Lipinski definition) is 4. The summed E-state index contributed by atoms with van der Waals surface area (Å²) >= 11 is 0. The summed E-state index contributed by atoms with van der Waals surface area (Å²) in [4.78, 5) is 31.8. The number of benzene rings is 2. The molecule has 2 heterocycles. The zero-order valence-electron chi connectivity index (χ0n) is 16.5. The molecule has 2 aromatic carbocycles. The number of halogens is 1. The molecule has 1 saturated heterocycles. The van der Waals surface area contributed by atoms with E-state index in [9.17, 15) is 19.1 Å². The van der Waals surface area contributed by atoms with Gasteiger partial charge in [0.2, 0.25) is 0 Å². The van der Waals surface area contributed by atoms with Crippen LogP contribution >= 0.6 is 0 Å². The fourth-order valence-corrected chi connectivity index (χ4v) is 3.68. The second-order valence-electron chi connectivity index (χ2n) is 7.17. The summed E-state index contributed by atoms with van der Waals surface area (Å²) < 4.78 is 13.7. The molecule has 30 heavy (non-hydrogen) atoms. The number of rotatable bonds is 3. The summed E-state index contributed by atoms with van der Waals surface area (Å²) in [5.41, 5.74) is 2.31. The fraction of sp³-hybridized carbons (Fsp3) is 0.125. The number of aromatic nitrogens is 1. The molecule has 1 amide bonds.